The van der Waals surface area contributed by atoms with Crippen molar-refractivity contribution in [2.24, 2.45) is 0 Å². The van der Waals surface area contributed by atoms with Crippen molar-refractivity contribution in [1.82, 2.24) is 20.2 Å². The third kappa shape index (κ3) is 8.85. The minimum Gasteiger partial charge on any atom is -0.475 e. The van der Waals surface area contributed by atoms with Crippen LogP contribution in [-0.2, 0) is 9.53 Å². The van der Waals surface area contributed by atoms with E-state index in [0.29, 0.717) is 17.2 Å². The smallest absolute Gasteiger partial charge is 0.475 e. The zero-order valence-corrected chi connectivity index (χ0v) is 21.8. The number of anilines is 1. The van der Waals surface area contributed by atoms with Gasteiger partial charge >= 0.3 is 12.1 Å². The van der Waals surface area contributed by atoms with Crippen molar-refractivity contribution in [2.75, 3.05) is 38.6 Å². The number of carbonyl (C=O) groups is 2. The zero-order chi connectivity index (χ0) is 28.6. The van der Waals surface area contributed by atoms with Crippen molar-refractivity contribution in [3.63, 3.8) is 0 Å². The van der Waals surface area contributed by atoms with E-state index in [9.17, 15) is 22.4 Å². The number of nitrogens with one attached hydrogen (secondary N) is 2. The molecule has 1 amide bonds. The van der Waals surface area contributed by atoms with Crippen LogP contribution < -0.4 is 10.6 Å². The lowest BCUT2D eigenvalue weighted by atomic mass is 9.89. The van der Waals surface area contributed by atoms with E-state index in [-0.39, 0.29) is 29.8 Å². The predicted molar refractivity (Wildman–Crippen MR) is 135 cm³/mol. The molecular formula is C26H33F4N5O4. The lowest BCUT2D eigenvalue weighted by molar-refractivity contribution is -0.192. The van der Waals surface area contributed by atoms with Gasteiger partial charge in [-0.1, -0.05) is 19.1 Å². The van der Waals surface area contributed by atoms with Crippen LogP contribution in [0.3, 0.4) is 0 Å². The highest BCUT2D eigenvalue weighted by Gasteiger charge is 2.38. The minimum absolute atomic E-state index is 0.102. The Kier molecular flexibility index (Phi) is 10.6. The van der Waals surface area contributed by atoms with Crippen LogP contribution in [0.4, 0.5) is 23.4 Å². The second kappa shape index (κ2) is 13.7. The summed E-state index contributed by atoms with van der Waals surface area (Å²) in [5, 5.41) is 13.5. The van der Waals surface area contributed by atoms with E-state index >= 15 is 0 Å². The van der Waals surface area contributed by atoms with Gasteiger partial charge in [0.1, 0.15) is 17.3 Å². The van der Waals surface area contributed by atoms with Crippen LogP contribution in [0.2, 0.25) is 0 Å². The van der Waals surface area contributed by atoms with E-state index in [1.54, 1.807) is 19.2 Å². The second-order valence-electron chi connectivity index (χ2n) is 9.54. The van der Waals surface area contributed by atoms with Gasteiger partial charge in [-0.15, -0.1) is 0 Å². The fraction of sp³-hybridized carbons (Fsp3) is 0.538. The van der Waals surface area contributed by atoms with Crippen molar-refractivity contribution in [3.05, 3.63) is 53.2 Å². The molecule has 9 nitrogen and oxygen atoms in total. The SMILES string of the molecule is CO[C@H]1C[C@H](NC(=O)c2cnc(NCCN3CCCC3)c([C@H](C)c3ccc(F)cc3)n2)C1.O=C(O)C(F)(F)F. The van der Waals surface area contributed by atoms with E-state index < -0.39 is 12.1 Å². The molecule has 2 aromatic rings. The van der Waals surface area contributed by atoms with Gasteiger partial charge in [-0.25, -0.2) is 19.2 Å². The first-order chi connectivity index (χ1) is 18.5. The number of methoxy groups -OCH3 is 1. The van der Waals surface area contributed by atoms with Crippen molar-refractivity contribution in [2.45, 2.75) is 56.8 Å². The largest absolute Gasteiger partial charge is 0.490 e. The highest BCUT2D eigenvalue weighted by atomic mass is 19.4. The van der Waals surface area contributed by atoms with Gasteiger partial charge in [-0.05, 0) is 56.5 Å². The van der Waals surface area contributed by atoms with Crippen LogP contribution in [0, 0.1) is 5.82 Å². The maximum absolute atomic E-state index is 13.4. The molecular weight excluding hydrogens is 522 g/mol. The van der Waals surface area contributed by atoms with Gasteiger partial charge in [0.05, 0.1) is 18.0 Å². The number of aromatic nitrogens is 2. The number of benzene rings is 1. The molecule has 0 spiro atoms. The molecule has 4 rings (SSSR count). The highest BCUT2D eigenvalue weighted by Crippen LogP contribution is 2.28. The molecule has 13 heteroatoms. The Hall–Kier alpha value is -3.32. The molecule has 3 N–H and O–H groups in total. The Morgan fingerprint density at radius 3 is 2.36 bits per heavy atom. The number of nitrogens with zero attached hydrogens (tertiary/aromatic N) is 3. The normalized spacial score (nSPS) is 19.8. The number of alkyl halides is 3. The van der Waals surface area contributed by atoms with Crippen molar-refractivity contribution in [1.29, 1.82) is 0 Å². The summed E-state index contributed by atoms with van der Waals surface area (Å²) in [7, 11) is 1.69. The summed E-state index contributed by atoms with van der Waals surface area (Å²) in [5.74, 6) is -2.74. The zero-order valence-electron chi connectivity index (χ0n) is 21.8. The van der Waals surface area contributed by atoms with Gasteiger partial charge in [0.25, 0.3) is 5.91 Å². The number of carboxylic acid groups (broad SMARTS) is 1. The number of likely N-dealkylation sites (tertiary alicyclic amines) is 1. The molecule has 1 atom stereocenters. The topological polar surface area (TPSA) is 117 Å². The molecule has 0 bridgehead atoms. The summed E-state index contributed by atoms with van der Waals surface area (Å²) in [4.78, 5) is 33.3. The van der Waals surface area contributed by atoms with Gasteiger partial charge < -0.3 is 25.4 Å². The molecule has 2 heterocycles. The average molecular weight is 556 g/mol. The Bertz CT molecular complexity index is 1100. The van der Waals surface area contributed by atoms with Gasteiger partial charge in [-0.3, -0.25) is 4.79 Å². The summed E-state index contributed by atoms with van der Waals surface area (Å²) in [6, 6.07) is 6.49. The van der Waals surface area contributed by atoms with Crippen LogP contribution in [0.25, 0.3) is 0 Å². The Morgan fingerprint density at radius 1 is 1.18 bits per heavy atom. The number of hydrogen-bond acceptors (Lipinski definition) is 7. The molecule has 1 aromatic heterocycles. The molecule has 39 heavy (non-hydrogen) atoms. The summed E-state index contributed by atoms with van der Waals surface area (Å²) in [6.45, 7) is 5.97. The monoisotopic (exact) mass is 555 g/mol. The molecule has 1 aliphatic carbocycles. The maximum atomic E-state index is 13.4. The van der Waals surface area contributed by atoms with Gasteiger partial charge in [0.15, 0.2) is 0 Å². The summed E-state index contributed by atoms with van der Waals surface area (Å²) < 4.78 is 50.4. The maximum Gasteiger partial charge on any atom is 0.490 e. The molecule has 1 saturated carbocycles. The predicted octanol–water partition coefficient (Wildman–Crippen LogP) is 3.82. The number of ether oxygens (including phenoxy) is 1. The minimum atomic E-state index is -5.08. The van der Waals surface area contributed by atoms with Gasteiger partial charge in [-0.2, -0.15) is 13.2 Å². The molecule has 2 aliphatic rings. The van der Waals surface area contributed by atoms with Crippen LogP contribution in [0.5, 0.6) is 0 Å². The van der Waals surface area contributed by atoms with Crippen LogP contribution >= 0.6 is 0 Å². The van der Waals surface area contributed by atoms with Crippen molar-refractivity contribution in [3.8, 4) is 0 Å². The fourth-order valence-corrected chi connectivity index (χ4v) is 4.33. The first kappa shape index (κ1) is 30.2. The van der Waals surface area contributed by atoms with E-state index in [1.165, 1.54) is 31.2 Å². The lowest BCUT2D eigenvalue weighted by Gasteiger charge is -2.34. The summed E-state index contributed by atoms with van der Waals surface area (Å²) >= 11 is 0. The molecule has 0 unspecified atom stereocenters. The van der Waals surface area contributed by atoms with E-state index in [0.717, 1.165) is 44.6 Å². The van der Waals surface area contributed by atoms with E-state index in [1.807, 2.05) is 6.92 Å². The Labute approximate surface area is 224 Å². The second-order valence-corrected chi connectivity index (χ2v) is 9.54. The number of amides is 1. The number of hydrogen-bond donors (Lipinski definition) is 3. The first-order valence-corrected chi connectivity index (χ1v) is 12.7. The van der Waals surface area contributed by atoms with Crippen molar-refractivity contribution < 1.29 is 37.0 Å². The molecule has 1 aromatic carbocycles. The molecule has 2 fully saturated rings. The number of aliphatic carboxylic acids is 1. The number of carboxylic acids is 1. The summed E-state index contributed by atoms with van der Waals surface area (Å²) in [5.41, 5.74) is 1.90. The number of rotatable bonds is 9. The molecule has 0 radical (unpaired) electrons. The van der Waals surface area contributed by atoms with Gasteiger partial charge in [0, 0.05) is 32.2 Å². The quantitative estimate of drug-likeness (QED) is 0.400. The van der Waals surface area contributed by atoms with E-state index in [4.69, 9.17) is 19.6 Å². The third-order valence-corrected chi connectivity index (χ3v) is 6.74. The average Bonchev–Trinajstić information content (AvgIpc) is 3.39. The third-order valence-electron chi connectivity index (χ3n) is 6.74. The molecule has 214 valence electrons. The van der Waals surface area contributed by atoms with Gasteiger partial charge in [0.2, 0.25) is 0 Å². The van der Waals surface area contributed by atoms with Crippen LogP contribution in [-0.4, -0.2) is 83.5 Å². The first-order valence-electron chi connectivity index (χ1n) is 12.7. The molecule has 1 saturated heterocycles. The molecule has 1 aliphatic heterocycles. The lowest BCUT2D eigenvalue weighted by Crippen LogP contribution is -2.47. The highest BCUT2D eigenvalue weighted by molar-refractivity contribution is 5.92. The number of halogens is 4. The van der Waals surface area contributed by atoms with E-state index in [2.05, 4.69) is 20.5 Å². The Morgan fingerprint density at radius 2 is 1.79 bits per heavy atom. The van der Waals surface area contributed by atoms with Crippen LogP contribution in [0.15, 0.2) is 30.5 Å². The van der Waals surface area contributed by atoms with Crippen LogP contribution in [0.1, 0.15) is 60.3 Å². The number of carbonyl (C=O) groups excluding carboxylic acids is 1. The standard InChI is InChI=1S/C24H32FN5O2.C2HF3O2/c1-16(17-5-7-18(25)8-6-17)22-23(26-9-12-30-10-3-4-11-30)27-15-21(29-22)24(31)28-19-13-20(14-19)32-2;3-2(4,5)1(6)7/h5-8,15-16,19-20H,3-4,9-14H2,1-2H3,(H,26,27)(H,28,31);(H,6,7)/t16-,19-,20-;/m1./s1. The summed E-state index contributed by atoms with van der Waals surface area (Å²) in [6.07, 6.45) is 0.782. The van der Waals surface area contributed by atoms with Crippen molar-refractivity contribution >= 4 is 17.7 Å². The Balaban J connectivity index is 0.000000532. The fourth-order valence-electron chi connectivity index (χ4n) is 4.33.